The Bertz CT molecular complexity index is 375. The third kappa shape index (κ3) is 3.01. The molecule has 94 valence electrons. The number of hydrogen-bond acceptors (Lipinski definition) is 2. The van der Waals surface area contributed by atoms with Crippen molar-refractivity contribution in [2.24, 2.45) is 11.7 Å². The van der Waals surface area contributed by atoms with Crippen LogP contribution in [0.2, 0.25) is 0 Å². The molecule has 2 nitrogen and oxygen atoms in total. The zero-order chi connectivity index (χ0) is 12.3. The highest BCUT2D eigenvalue weighted by Gasteiger charge is 2.23. The van der Waals surface area contributed by atoms with E-state index < -0.39 is 0 Å². The Morgan fingerprint density at radius 3 is 2.76 bits per heavy atom. The minimum absolute atomic E-state index is 0.371. The van der Waals surface area contributed by atoms with Gasteiger partial charge < -0.3 is 10.5 Å². The highest BCUT2D eigenvalue weighted by Crippen LogP contribution is 2.30. The molecular weight excluding hydrogens is 210 g/mol. The number of ether oxygens (including phenoxy) is 1. The van der Waals surface area contributed by atoms with Gasteiger partial charge in [-0.2, -0.15) is 0 Å². The van der Waals surface area contributed by atoms with Crippen molar-refractivity contribution < 1.29 is 4.74 Å². The molecule has 0 aliphatic heterocycles. The molecule has 0 spiro atoms. The SMILES string of the molecule is Cc1ccc(CN)c(OC2CCCCC2C)c1. The molecule has 0 heterocycles. The van der Waals surface area contributed by atoms with Crippen molar-refractivity contribution in [3.05, 3.63) is 29.3 Å². The summed E-state index contributed by atoms with van der Waals surface area (Å²) < 4.78 is 6.19. The van der Waals surface area contributed by atoms with Crippen molar-refractivity contribution >= 4 is 0 Å². The van der Waals surface area contributed by atoms with Crippen LogP contribution in [0.15, 0.2) is 18.2 Å². The summed E-state index contributed by atoms with van der Waals surface area (Å²) in [6.07, 6.45) is 5.47. The van der Waals surface area contributed by atoms with Crippen molar-refractivity contribution in [1.29, 1.82) is 0 Å². The summed E-state index contributed by atoms with van der Waals surface area (Å²) in [5, 5.41) is 0. The highest BCUT2D eigenvalue weighted by atomic mass is 16.5. The fraction of sp³-hybridized carbons (Fsp3) is 0.600. The third-order valence-corrected chi connectivity index (χ3v) is 3.75. The van der Waals surface area contributed by atoms with Gasteiger partial charge in [-0.05, 0) is 43.7 Å². The predicted octanol–water partition coefficient (Wildman–Crippen LogP) is 3.41. The Balaban J connectivity index is 2.13. The second-order valence-corrected chi connectivity index (χ2v) is 5.23. The average molecular weight is 233 g/mol. The van der Waals surface area contributed by atoms with Gasteiger partial charge in [0.2, 0.25) is 0 Å². The van der Waals surface area contributed by atoms with Gasteiger partial charge >= 0.3 is 0 Å². The monoisotopic (exact) mass is 233 g/mol. The second-order valence-electron chi connectivity index (χ2n) is 5.23. The summed E-state index contributed by atoms with van der Waals surface area (Å²) in [4.78, 5) is 0. The first-order chi connectivity index (χ1) is 8.20. The fourth-order valence-corrected chi connectivity index (χ4v) is 2.56. The maximum atomic E-state index is 6.19. The van der Waals surface area contributed by atoms with Crippen molar-refractivity contribution in [3.8, 4) is 5.75 Å². The summed E-state index contributed by atoms with van der Waals surface area (Å²) >= 11 is 0. The van der Waals surface area contributed by atoms with Crippen LogP contribution >= 0.6 is 0 Å². The number of rotatable bonds is 3. The molecular formula is C15H23NO. The smallest absolute Gasteiger partial charge is 0.124 e. The summed E-state index contributed by atoms with van der Waals surface area (Å²) in [6.45, 7) is 4.94. The van der Waals surface area contributed by atoms with Gasteiger partial charge in [0.15, 0.2) is 0 Å². The molecule has 1 fully saturated rings. The highest BCUT2D eigenvalue weighted by molar-refractivity contribution is 5.37. The first kappa shape index (κ1) is 12.4. The molecule has 17 heavy (non-hydrogen) atoms. The van der Waals surface area contributed by atoms with E-state index in [9.17, 15) is 0 Å². The van der Waals surface area contributed by atoms with E-state index in [0.717, 1.165) is 11.3 Å². The Hall–Kier alpha value is -1.02. The molecule has 0 bridgehead atoms. The summed E-state index contributed by atoms with van der Waals surface area (Å²) in [6, 6.07) is 6.29. The van der Waals surface area contributed by atoms with Crippen LogP contribution in [-0.2, 0) is 6.54 Å². The first-order valence-corrected chi connectivity index (χ1v) is 6.67. The normalized spacial score (nSPS) is 24.6. The lowest BCUT2D eigenvalue weighted by atomic mass is 9.88. The zero-order valence-electron chi connectivity index (χ0n) is 10.9. The maximum Gasteiger partial charge on any atom is 0.124 e. The van der Waals surface area contributed by atoms with Gasteiger partial charge in [-0.25, -0.2) is 0 Å². The van der Waals surface area contributed by atoms with Crippen molar-refractivity contribution in [2.75, 3.05) is 0 Å². The number of benzene rings is 1. The van der Waals surface area contributed by atoms with Crippen LogP contribution in [0.3, 0.4) is 0 Å². The van der Waals surface area contributed by atoms with E-state index in [1.807, 2.05) is 0 Å². The van der Waals surface area contributed by atoms with Crippen LogP contribution < -0.4 is 10.5 Å². The molecule has 2 heteroatoms. The summed E-state index contributed by atoms with van der Waals surface area (Å²) in [5.74, 6) is 1.65. The standard InChI is InChI=1S/C15H23NO/c1-11-7-8-13(10-16)15(9-11)17-14-6-4-3-5-12(14)2/h7-9,12,14H,3-6,10,16H2,1-2H3. The van der Waals surface area contributed by atoms with E-state index in [-0.39, 0.29) is 0 Å². The van der Waals surface area contributed by atoms with E-state index in [2.05, 4.69) is 32.0 Å². The Kier molecular flexibility index (Phi) is 4.06. The molecule has 2 N–H and O–H groups in total. The van der Waals surface area contributed by atoms with Crippen LogP contribution in [0, 0.1) is 12.8 Å². The van der Waals surface area contributed by atoms with Gasteiger partial charge in [0, 0.05) is 12.1 Å². The van der Waals surface area contributed by atoms with E-state index in [1.165, 1.54) is 31.2 Å². The lowest BCUT2D eigenvalue weighted by Gasteiger charge is -2.30. The van der Waals surface area contributed by atoms with Crippen molar-refractivity contribution in [1.82, 2.24) is 0 Å². The van der Waals surface area contributed by atoms with Crippen LogP contribution in [0.1, 0.15) is 43.7 Å². The topological polar surface area (TPSA) is 35.2 Å². The molecule has 1 saturated carbocycles. The summed E-state index contributed by atoms with van der Waals surface area (Å²) in [7, 11) is 0. The van der Waals surface area contributed by atoms with Crippen LogP contribution in [-0.4, -0.2) is 6.10 Å². The molecule has 0 amide bonds. The van der Waals surface area contributed by atoms with E-state index in [1.54, 1.807) is 0 Å². The van der Waals surface area contributed by atoms with Crippen molar-refractivity contribution in [2.45, 2.75) is 52.2 Å². The van der Waals surface area contributed by atoms with E-state index in [4.69, 9.17) is 10.5 Å². The molecule has 2 rings (SSSR count). The molecule has 1 aliphatic rings. The number of aryl methyl sites for hydroxylation is 1. The number of nitrogens with two attached hydrogens (primary N) is 1. The van der Waals surface area contributed by atoms with E-state index in [0.29, 0.717) is 18.6 Å². The molecule has 1 aliphatic carbocycles. The minimum Gasteiger partial charge on any atom is -0.490 e. The van der Waals surface area contributed by atoms with Gasteiger partial charge in [-0.1, -0.05) is 25.5 Å². The summed E-state index contributed by atoms with van der Waals surface area (Å²) in [5.41, 5.74) is 8.12. The minimum atomic E-state index is 0.371. The molecule has 1 aromatic rings. The molecule has 2 atom stereocenters. The third-order valence-electron chi connectivity index (χ3n) is 3.75. The van der Waals surface area contributed by atoms with Gasteiger partial charge in [0.05, 0.1) is 0 Å². The first-order valence-electron chi connectivity index (χ1n) is 6.67. The maximum absolute atomic E-state index is 6.19. The van der Waals surface area contributed by atoms with Gasteiger partial charge in [0.1, 0.15) is 11.9 Å². The predicted molar refractivity (Wildman–Crippen MR) is 71.1 cm³/mol. The Morgan fingerprint density at radius 1 is 1.29 bits per heavy atom. The fourth-order valence-electron chi connectivity index (χ4n) is 2.56. The lowest BCUT2D eigenvalue weighted by Crippen LogP contribution is -2.28. The van der Waals surface area contributed by atoms with Crippen LogP contribution in [0.25, 0.3) is 0 Å². The lowest BCUT2D eigenvalue weighted by molar-refractivity contribution is 0.101. The average Bonchev–Trinajstić information content (AvgIpc) is 2.32. The Labute approximate surface area is 104 Å². The second kappa shape index (κ2) is 5.54. The van der Waals surface area contributed by atoms with Gasteiger partial charge in [0.25, 0.3) is 0 Å². The molecule has 0 radical (unpaired) electrons. The molecule has 0 aromatic heterocycles. The number of hydrogen-bond donors (Lipinski definition) is 1. The van der Waals surface area contributed by atoms with E-state index >= 15 is 0 Å². The van der Waals surface area contributed by atoms with Gasteiger partial charge in [-0.15, -0.1) is 0 Å². The molecule has 1 aromatic carbocycles. The largest absolute Gasteiger partial charge is 0.490 e. The quantitative estimate of drug-likeness (QED) is 0.868. The Morgan fingerprint density at radius 2 is 2.06 bits per heavy atom. The molecule has 2 unspecified atom stereocenters. The van der Waals surface area contributed by atoms with Crippen molar-refractivity contribution in [3.63, 3.8) is 0 Å². The van der Waals surface area contributed by atoms with Crippen LogP contribution in [0.5, 0.6) is 5.75 Å². The van der Waals surface area contributed by atoms with Crippen LogP contribution in [0.4, 0.5) is 0 Å². The zero-order valence-corrected chi connectivity index (χ0v) is 10.9. The van der Waals surface area contributed by atoms with Gasteiger partial charge in [-0.3, -0.25) is 0 Å². The molecule has 0 saturated heterocycles.